The summed E-state index contributed by atoms with van der Waals surface area (Å²) in [6.45, 7) is 0. The van der Waals surface area contributed by atoms with E-state index in [9.17, 15) is 4.79 Å². The van der Waals surface area contributed by atoms with E-state index in [4.69, 9.17) is 14.7 Å². The fourth-order valence-corrected chi connectivity index (χ4v) is 7.74. The van der Waals surface area contributed by atoms with Crippen LogP contribution in [0.15, 0.2) is 54.7 Å². The van der Waals surface area contributed by atoms with Crippen molar-refractivity contribution in [2.24, 2.45) is 23.2 Å². The van der Waals surface area contributed by atoms with Crippen LogP contribution in [0.4, 0.5) is 5.82 Å². The molecule has 0 aliphatic heterocycles. The number of nitrogens with zero attached hydrogens (tertiary/aromatic N) is 2. The number of benzene rings is 2. The molecule has 6 heteroatoms. The van der Waals surface area contributed by atoms with Crippen LogP contribution in [0.2, 0.25) is 0 Å². The van der Waals surface area contributed by atoms with E-state index in [0.29, 0.717) is 17.7 Å². The number of aromatic nitrogens is 2. The Labute approximate surface area is 226 Å². The number of methoxy groups -OCH3 is 1. The second-order valence-corrected chi connectivity index (χ2v) is 12.5. The molecule has 4 saturated carbocycles. The smallest absolute Gasteiger partial charge is 0.229 e. The molecule has 0 spiro atoms. The first-order chi connectivity index (χ1) is 17.5. The third kappa shape index (κ3) is 5.01. The highest BCUT2D eigenvalue weighted by molar-refractivity contribution is 14.1. The highest BCUT2D eigenvalue weighted by Gasteiger charge is 2.51. The Kier molecular flexibility index (Phi) is 6.48. The molecule has 0 atom stereocenters. The van der Waals surface area contributed by atoms with Crippen molar-refractivity contribution < 1.29 is 9.53 Å². The average Bonchev–Trinajstić information content (AvgIpc) is 2.85. The van der Waals surface area contributed by atoms with E-state index < -0.39 is 0 Å². The predicted molar refractivity (Wildman–Crippen MR) is 150 cm³/mol. The van der Waals surface area contributed by atoms with Gasteiger partial charge in [-0.25, -0.2) is 9.97 Å². The van der Waals surface area contributed by atoms with E-state index in [1.165, 1.54) is 38.5 Å². The molecule has 3 aromatic rings. The molecule has 2 aromatic carbocycles. The predicted octanol–water partition coefficient (Wildman–Crippen LogP) is 6.70. The van der Waals surface area contributed by atoms with Gasteiger partial charge in [-0.05, 0) is 133 Å². The normalized spacial score (nSPS) is 26.1. The Balaban J connectivity index is 1.29. The second-order valence-electron chi connectivity index (χ2n) is 11.2. The lowest BCUT2D eigenvalue weighted by molar-refractivity contribution is -0.115. The van der Waals surface area contributed by atoms with Crippen LogP contribution in [0.5, 0.6) is 5.75 Å². The number of carbonyl (C=O) groups is 1. The van der Waals surface area contributed by atoms with Crippen LogP contribution in [-0.2, 0) is 17.6 Å². The lowest BCUT2D eigenvalue weighted by atomic mass is 9.48. The zero-order valence-corrected chi connectivity index (χ0v) is 22.8. The molecule has 1 N–H and O–H groups in total. The molecule has 0 saturated heterocycles. The van der Waals surface area contributed by atoms with Crippen LogP contribution in [0.25, 0.3) is 11.3 Å². The van der Waals surface area contributed by atoms with Gasteiger partial charge in [0.2, 0.25) is 5.91 Å². The lowest BCUT2D eigenvalue weighted by Crippen LogP contribution is -2.47. The number of ether oxygens (including phenoxy) is 1. The molecule has 186 valence electrons. The summed E-state index contributed by atoms with van der Waals surface area (Å²) in [6.07, 6.45) is 11.1. The number of carbonyl (C=O) groups excluding carboxylic acids is 1. The summed E-state index contributed by atoms with van der Waals surface area (Å²) < 4.78 is 6.48. The number of amides is 1. The molecular formula is C30H32IN3O2. The first-order valence-electron chi connectivity index (χ1n) is 13.0. The van der Waals surface area contributed by atoms with Gasteiger partial charge in [-0.2, -0.15) is 0 Å². The first-order valence-corrected chi connectivity index (χ1v) is 14.1. The van der Waals surface area contributed by atoms with Gasteiger partial charge in [0.15, 0.2) is 5.82 Å². The third-order valence-electron chi connectivity index (χ3n) is 8.47. The monoisotopic (exact) mass is 593 g/mol. The second kappa shape index (κ2) is 9.77. The lowest BCUT2D eigenvalue weighted by Gasteiger charge is -2.57. The van der Waals surface area contributed by atoms with Crippen LogP contribution in [0.1, 0.15) is 49.8 Å². The molecule has 1 heterocycles. The van der Waals surface area contributed by atoms with E-state index in [1.807, 2.05) is 48.5 Å². The first kappa shape index (κ1) is 23.9. The molecule has 36 heavy (non-hydrogen) atoms. The number of hydrogen-bond donors (Lipinski definition) is 1. The number of anilines is 1. The van der Waals surface area contributed by atoms with Gasteiger partial charge in [0.25, 0.3) is 0 Å². The number of nitrogens with one attached hydrogen (secondary N) is 1. The summed E-state index contributed by atoms with van der Waals surface area (Å²) >= 11 is 2.28. The Morgan fingerprint density at radius 1 is 1.00 bits per heavy atom. The summed E-state index contributed by atoms with van der Waals surface area (Å²) in [5, 5.41) is 3.12. The topological polar surface area (TPSA) is 64.1 Å². The molecular weight excluding hydrogens is 561 g/mol. The molecule has 4 aliphatic rings. The van der Waals surface area contributed by atoms with Crippen LogP contribution in [0.3, 0.4) is 0 Å². The van der Waals surface area contributed by atoms with Crippen molar-refractivity contribution in [1.82, 2.24) is 9.97 Å². The maximum absolute atomic E-state index is 13.0. The summed E-state index contributed by atoms with van der Waals surface area (Å²) in [6, 6.07) is 16.0. The molecule has 4 bridgehead atoms. The van der Waals surface area contributed by atoms with Gasteiger partial charge >= 0.3 is 0 Å². The molecule has 4 aliphatic carbocycles. The van der Waals surface area contributed by atoms with Gasteiger partial charge < -0.3 is 10.1 Å². The van der Waals surface area contributed by atoms with Crippen LogP contribution in [-0.4, -0.2) is 23.0 Å². The zero-order valence-electron chi connectivity index (χ0n) is 20.7. The molecule has 0 unspecified atom stereocenters. The Morgan fingerprint density at radius 2 is 1.64 bits per heavy atom. The van der Waals surface area contributed by atoms with Crippen molar-refractivity contribution >= 4 is 34.3 Å². The van der Waals surface area contributed by atoms with E-state index in [-0.39, 0.29) is 5.91 Å². The maximum Gasteiger partial charge on any atom is 0.229 e. The fourth-order valence-electron chi connectivity index (χ4n) is 7.38. The minimum atomic E-state index is -0.0468. The highest BCUT2D eigenvalue weighted by Crippen LogP contribution is 2.61. The quantitative estimate of drug-likeness (QED) is 0.310. The van der Waals surface area contributed by atoms with E-state index in [1.54, 1.807) is 13.3 Å². The van der Waals surface area contributed by atoms with Crippen molar-refractivity contribution in [3.05, 3.63) is 69.6 Å². The van der Waals surface area contributed by atoms with Crippen LogP contribution >= 0.6 is 22.6 Å². The largest absolute Gasteiger partial charge is 0.497 e. The number of halogens is 1. The standard InChI is InChI=1S/C30H32IN3O2/c1-36-25-8-4-23(5-9-25)27-18-32-29(34-28(35)13-19-2-6-24(31)7-3-19)26(33-27)17-30-14-20-10-21(15-30)12-22(11-20)16-30/h2-9,18,20-22H,10-17H2,1H3,(H,32,34,35). The van der Waals surface area contributed by atoms with Gasteiger partial charge in [0, 0.05) is 9.13 Å². The fraction of sp³-hybridized carbons (Fsp3) is 0.433. The molecule has 1 amide bonds. The third-order valence-corrected chi connectivity index (χ3v) is 9.19. The van der Waals surface area contributed by atoms with Crippen molar-refractivity contribution in [2.45, 2.75) is 51.4 Å². The van der Waals surface area contributed by atoms with Crippen molar-refractivity contribution in [2.75, 3.05) is 12.4 Å². The Morgan fingerprint density at radius 3 is 2.25 bits per heavy atom. The SMILES string of the molecule is COc1ccc(-c2cnc(NC(=O)Cc3ccc(I)cc3)c(CC34CC5CC(CC(C5)C3)C4)n2)cc1. The molecule has 0 radical (unpaired) electrons. The summed E-state index contributed by atoms with van der Waals surface area (Å²) in [7, 11) is 1.67. The van der Waals surface area contributed by atoms with Gasteiger partial charge in [-0.3, -0.25) is 4.79 Å². The Hall–Kier alpha value is -2.48. The Bertz CT molecular complexity index is 1220. The van der Waals surface area contributed by atoms with Gasteiger partial charge in [0.1, 0.15) is 5.75 Å². The molecule has 7 rings (SSSR count). The number of rotatable bonds is 7. The average molecular weight is 594 g/mol. The van der Waals surface area contributed by atoms with Gasteiger partial charge in [-0.1, -0.05) is 12.1 Å². The minimum absolute atomic E-state index is 0.0468. The summed E-state index contributed by atoms with van der Waals surface area (Å²) in [4.78, 5) is 22.9. The van der Waals surface area contributed by atoms with Gasteiger partial charge in [-0.15, -0.1) is 0 Å². The molecule has 5 nitrogen and oxygen atoms in total. The molecule has 1 aromatic heterocycles. The van der Waals surface area contributed by atoms with Crippen molar-refractivity contribution in [3.63, 3.8) is 0 Å². The van der Waals surface area contributed by atoms with E-state index in [0.717, 1.165) is 56.0 Å². The van der Waals surface area contributed by atoms with E-state index in [2.05, 4.69) is 27.9 Å². The highest BCUT2D eigenvalue weighted by atomic mass is 127. The zero-order chi connectivity index (χ0) is 24.7. The van der Waals surface area contributed by atoms with Gasteiger partial charge in [0.05, 0.1) is 31.1 Å². The van der Waals surface area contributed by atoms with Crippen LogP contribution < -0.4 is 10.1 Å². The van der Waals surface area contributed by atoms with Crippen LogP contribution in [0, 0.1) is 26.7 Å². The van der Waals surface area contributed by atoms with Crippen molar-refractivity contribution in [1.29, 1.82) is 0 Å². The number of hydrogen-bond acceptors (Lipinski definition) is 4. The van der Waals surface area contributed by atoms with Crippen molar-refractivity contribution in [3.8, 4) is 17.0 Å². The molecule has 4 fully saturated rings. The summed E-state index contributed by atoms with van der Waals surface area (Å²) in [5.41, 5.74) is 4.08. The summed E-state index contributed by atoms with van der Waals surface area (Å²) in [5.74, 6) is 4.00. The maximum atomic E-state index is 13.0. The van der Waals surface area contributed by atoms with E-state index >= 15 is 0 Å². The minimum Gasteiger partial charge on any atom is -0.497 e.